The third-order valence-electron chi connectivity index (χ3n) is 2.48. The van der Waals surface area contributed by atoms with Gasteiger partial charge in [-0.3, -0.25) is 14.4 Å². The van der Waals surface area contributed by atoms with E-state index in [0.717, 1.165) is 0 Å². The molecule has 2 amide bonds. The summed E-state index contributed by atoms with van der Waals surface area (Å²) in [5.41, 5.74) is 0. The topological polar surface area (TPSA) is 95.9 Å². The van der Waals surface area contributed by atoms with Crippen molar-refractivity contribution in [3.8, 4) is 0 Å². The lowest BCUT2D eigenvalue weighted by Crippen LogP contribution is -2.41. The molecule has 1 aliphatic heterocycles. The maximum Gasteiger partial charge on any atom is 0.305 e. The van der Waals surface area contributed by atoms with Crippen LogP contribution in [0.1, 0.15) is 6.42 Å². The molecule has 0 aromatic rings. The van der Waals surface area contributed by atoms with Crippen LogP contribution >= 0.6 is 11.8 Å². The molecule has 0 aliphatic carbocycles. The summed E-state index contributed by atoms with van der Waals surface area (Å²) < 4.78 is 5.14. The van der Waals surface area contributed by atoms with Gasteiger partial charge in [-0.25, -0.2) is 0 Å². The van der Waals surface area contributed by atoms with Crippen molar-refractivity contribution < 1.29 is 24.2 Å². The molecule has 0 saturated carbocycles. The summed E-state index contributed by atoms with van der Waals surface area (Å²) in [5.74, 6) is -0.773. The Morgan fingerprint density at radius 2 is 1.89 bits per heavy atom. The van der Waals surface area contributed by atoms with Gasteiger partial charge in [0.2, 0.25) is 11.8 Å². The summed E-state index contributed by atoms with van der Waals surface area (Å²) in [5, 5.41) is 10.9. The van der Waals surface area contributed by atoms with Crippen LogP contribution in [0.3, 0.4) is 0 Å². The summed E-state index contributed by atoms with van der Waals surface area (Å²) in [7, 11) is 0. The van der Waals surface area contributed by atoms with Gasteiger partial charge in [0.15, 0.2) is 0 Å². The van der Waals surface area contributed by atoms with E-state index in [1.807, 2.05) is 0 Å². The Bertz CT molecular complexity index is 331. The monoisotopic (exact) mass is 290 g/mol. The van der Waals surface area contributed by atoms with Gasteiger partial charge >= 0.3 is 5.97 Å². The molecule has 0 bridgehead atoms. The van der Waals surface area contributed by atoms with Crippen molar-refractivity contribution >= 4 is 29.5 Å². The number of amides is 2. The number of hydrogen-bond donors (Lipinski definition) is 2. The number of hydrogen-bond acceptors (Lipinski definition) is 5. The van der Waals surface area contributed by atoms with Gasteiger partial charge in [0, 0.05) is 19.6 Å². The second kappa shape index (κ2) is 8.76. The quantitative estimate of drug-likeness (QED) is 0.635. The second-order valence-corrected chi connectivity index (χ2v) is 4.97. The van der Waals surface area contributed by atoms with Crippen LogP contribution in [0.4, 0.5) is 0 Å². The first kappa shape index (κ1) is 15.8. The normalized spacial score (nSPS) is 15.1. The molecule has 8 heteroatoms. The maximum absolute atomic E-state index is 11.7. The molecule has 0 spiro atoms. The number of morpholine rings is 1. The van der Waals surface area contributed by atoms with Gasteiger partial charge in [-0.1, -0.05) is 0 Å². The van der Waals surface area contributed by atoms with E-state index in [-0.39, 0.29) is 36.3 Å². The first-order chi connectivity index (χ1) is 9.09. The minimum absolute atomic E-state index is 0.00614. The number of ether oxygens (including phenoxy) is 1. The maximum atomic E-state index is 11.7. The van der Waals surface area contributed by atoms with Crippen molar-refractivity contribution in [2.45, 2.75) is 6.42 Å². The lowest BCUT2D eigenvalue weighted by Gasteiger charge is -2.26. The van der Waals surface area contributed by atoms with Crippen molar-refractivity contribution in [3.63, 3.8) is 0 Å². The number of carbonyl (C=O) groups is 3. The largest absolute Gasteiger partial charge is 0.481 e. The molecular formula is C11H18N2O5S. The first-order valence-corrected chi connectivity index (χ1v) is 7.17. The Morgan fingerprint density at radius 1 is 1.21 bits per heavy atom. The minimum atomic E-state index is -0.949. The Labute approximate surface area is 115 Å². The Morgan fingerprint density at radius 3 is 2.53 bits per heavy atom. The van der Waals surface area contributed by atoms with Crippen molar-refractivity contribution in [2.75, 3.05) is 44.4 Å². The highest BCUT2D eigenvalue weighted by Crippen LogP contribution is 2.04. The SMILES string of the molecule is O=C(O)CCNC(=O)CSCC(=O)N1CCOCC1. The molecule has 0 unspecified atom stereocenters. The number of thioether (sulfide) groups is 1. The number of carboxylic acid groups (broad SMARTS) is 1. The highest BCUT2D eigenvalue weighted by Gasteiger charge is 2.16. The van der Waals surface area contributed by atoms with E-state index in [0.29, 0.717) is 26.3 Å². The number of carbonyl (C=O) groups excluding carboxylic acids is 2. The molecule has 0 atom stereocenters. The smallest absolute Gasteiger partial charge is 0.305 e. The van der Waals surface area contributed by atoms with Crippen LogP contribution in [0.15, 0.2) is 0 Å². The van der Waals surface area contributed by atoms with Crippen LogP contribution in [-0.4, -0.2) is 72.1 Å². The Hall–Kier alpha value is -1.28. The molecule has 1 heterocycles. The lowest BCUT2D eigenvalue weighted by atomic mass is 10.4. The zero-order valence-corrected chi connectivity index (χ0v) is 11.4. The van der Waals surface area contributed by atoms with Crippen LogP contribution in [-0.2, 0) is 19.1 Å². The zero-order valence-electron chi connectivity index (χ0n) is 10.6. The van der Waals surface area contributed by atoms with Crippen LogP contribution in [0, 0.1) is 0 Å². The first-order valence-electron chi connectivity index (χ1n) is 6.01. The second-order valence-electron chi connectivity index (χ2n) is 3.98. The molecule has 0 radical (unpaired) electrons. The predicted octanol–water partition coefficient (Wildman–Crippen LogP) is -0.831. The van der Waals surface area contributed by atoms with Crippen LogP contribution in [0.25, 0.3) is 0 Å². The molecule has 108 valence electrons. The third kappa shape index (κ3) is 7.02. The number of rotatable bonds is 7. The summed E-state index contributed by atoms with van der Waals surface area (Å²) in [6, 6.07) is 0. The van der Waals surface area contributed by atoms with Gasteiger partial charge < -0.3 is 20.1 Å². The van der Waals surface area contributed by atoms with Gasteiger partial charge in [-0.2, -0.15) is 0 Å². The average Bonchev–Trinajstić information content (AvgIpc) is 2.39. The highest BCUT2D eigenvalue weighted by molar-refractivity contribution is 8.00. The highest BCUT2D eigenvalue weighted by atomic mass is 32.2. The van der Waals surface area contributed by atoms with Gasteiger partial charge in [-0.15, -0.1) is 11.8 Å². The minimum Gasteiger partial charge on any atom is -0.481 e. The molecule has 1 aliphatic rings. The van der Waals surface area contributed by atoms with Crippen LogP contribution < -0.4 is 5.32 Å². The van der Waals surface area contributed by atoms with Gasteiger partial charge in [0.25, 0.3) is 0 Å². The molecule has 0 aromatic heterocycles. The van der Waals surface area contributed by atoms with Gasteiger partial charge in [-0.05, 0) is 0 Å². The molecule has 1 fully saturated rings. The van der Waals surface area contributed by atoms with Crippen LogP contribution in [0.2, 0.25) is 0 Å². The number of aliphatic carboxylic acids is 1. The molecule has 1 saturated heterocycles. The molecule has 19 heavy (non-hydrogen) atoms. The van der Waals surface area contributed by atoms with E-state index in [2.05, 4.69) is 5.32 Å². The molecular weight excluding hydrogens is 272 g/mol. The number of nitrogens with one attached hydrogen (secondary N) is 1. The van der Waals surface area contributed by atoms with Crippen molar-refractivity contribution in [1.29, 1.82) is 0 Å². The third-order valence-corrected chi connectivity index (χ3v) is 3.40. The summed E-state index contributed by atoms with van der Waals surface area (Å²) >= 11 is 1.23. The van der Waals surface area contributed by atoms with E-state index in [9.17, 15) is 14.4 Å². The predicted molar refractivity (Wildman–Crippen MR) is 70.0 cm³/mol. The van der Waals surface area contributed by atoms with Gasteiger partial charge in [0.1, 0.15) is 0 Å². The Kier molecular flexibility index (Phi) is 7.27. The van der Waals surface area contributed by atoms with E-state index in [1.165, 1.54) is 11.8 Å². The van der Waals surface area contributed by atoms with E-state index in [1.54, 1.807) is 4.90 Å². The van der Waals surface area contributed by atoms with Crippen molar-refractivity contribution in [1.82, 2.24) is 10.2 Å². The van der Waals surface area contributed by atoms with Crippen molar-refractivity contribution in [2.24, 2.45) is 0 Å². The number of nitrogens with zero attached hydrogens (tertiary/aromatic N) is 1. The van der Waals surface area contributed by atoms with Crippen LogP contribution in [0.5, 0.6) is 0 Å². The molecule has 0 aromatic carbocycles. The summed E-state index contributed by atoms with van der Waals surface area (Å²) in [4.78, 5) is 35.0. The molecule has 1 rings (SSSR count). The molecule has 2 N–H and O–H groups in total. The fourth-order valence-corrected chi connectivity index (χ4v) is 2.24. The fourth-order valence-electron chi connectivity index (χ4n) is 1.49. The lowest BCUT2D eigenvalue weighted by molar-refractivity contribution is -0.137. The van der Waals surface area contributed by atoms with E-state index < -0.39 is 5.97 Å². The average molecular weight is 290 g/mol. The fraction of sp³-hybridized carbons (Fsp3) is 0.727. The van der Waals surface area contributed by atoms with Crippen molar-refractivity contribution in [3.05, 3.63) is 0 Å². The van der Waals surface area contributed by atoms with E-state index in [4.69, 9.17) is 9.84 Å². The zero-order chi connectivity index (χ0) is 14.1. The van der Waals surface area contributed by atoms with E-state index >= 15 is 0 Å². The Balaban J connectivity index is 2.06. The number of carboxylic acids is 1. The molecule has 7 nitrogen and oxygen atoms in total. The standard InChI is InChI=1S/C11H18N2O5S/c14-9(12-2-1-11(16)17)7-19-8-10(15)13-3-5-18-6-4-13/h1-8H2,(H,12,14)(H,16,17). The summed E-state index contributed by atoms with van der Waals surface area (Å²) in [6.07, 6.45) is -0.0941. The summed E-state index contributed by atoms with van der Waals surface area (Å²) in [6.45, 7) is 2.44. The van der Waals surface area contributed by atoms with Gasteiger partial charge in [0.05, 0.1) is 31.1 Å².